The number of phosphoric ester groups is 2. The quantitative estimate of drug-likeness (QED) is 0.0222. The second-order valence-corrected chi connectivity index (χ2v) is 32.7. The number of aliphatic hydroxyl groups is 1. The third kappa shape index (κ3) is 70.9. The third-order valence-corrected chi connectivity index (χ3v) is 20.3. The van der Waals surface area contributed by atoms with Crippen molar-refractivity contribution in [2.24, 2.45) is 23.7 Å². The zero-order valence-corrected chi connectivity index (χ0v) is 65.5. The molecule has 0 fully saturated rings. The summed E-state index contributed by atoms with van der Waals surface area (Å²) in [5.41, 5.74) is 0. The number of hydrogen-bond acceptors (Lipinski definition) is 15. The molecule has 0 aromatic carbocycles. The molecule has 0 aliphatic heterocycles. The highest BCUT2D eigenvalue weighted by Crippen LogP contribution is 2.45. The van der Waals surface area contributed by atoms with Crippen LogP contribution in [0.15, 0.2) is 0 Å². The maximum absolute atomic E-state index is 13.1. The molecule has 6 atom stereocenters. The van der Waals surface area contributed by atoms with Crippen molar-refractivity contribution in [3.63, 3.8) is 0 Å². The van der Waals surface area contributed by atoms with E-state index in [1.165, 1.54) is 193 Å². The van der Waals surface area contributed by atoms with Crippen LogP contribution in [0.5, 0.6) is 0 Å². The molecule has 0 aliphatic carbocycles. The maximum atomic E-state index is 13.1. The van der Waals surface area contributed by atoms with Crippen LogP contribution in [0.1, 0.15) is 396 Å². The van der Waals surface area contributed by atoms with Gasteiger partial charge in [0.15, 0.2) is 12.2 Å². The summed E-state index contributed by atoms with van der Waals surface area (Å²) in [6.45, 7) is 14.2. The zero-order valence-electron chi connectivity index (χ0n) is 63.7. The van der Waals surface area contributed by atoms with Gasteiger partial charge >= 0.3 is 39.5 Å². The van der Waals surface area contributed by atoms with Gasteiger partial charge in [0.1, 0.15) is 19.3 Å². The monoisotopic (exact) mass is 1420 g/mol. The number of hydrogen-bond donors (Lipinski definition) is 3. The predicted molar refractivity (Wildman–Crippen MR) is 395 cm³/mol. The number of esters is 4. The summed E-state index contributed by atoms with van der Waals surface area (Å²) in [6, 6.07) is 0. The Balaban J connectivity index is 5.19. The number of unbranched alkanes of at least 4 members (excludes halogenated alkanes) is 40. The fourth-order valence-corrected chi connectivity index (χ4v) is 13.5. The minimum absolute atomic E-state index is 0.105. The average molecular weight is 1420 g/mol. The molecule has 0 aromatic rings. The van der Waals surface area contributed by atoms with Crippen molar-refractivity contribution in [2.45, 2.75) is 414 Å². The van der Waals surface area contributed by atoms with Crippen LogP contribution in [0.25, 0.3) is 0 Å². The molecular formula is C78H152O17P2. The molecule has 0 heterocycles. The van der Waals surface area contributed by atoms with Gasteiger partial charge in [-0.05, 0) is 49.4 Å². The number of ether oxygens (including phenoxy) is 4. The highest BCUT2D eigenvalue weighted by molar-refractivity contribution is 7.47. The van der Waals surface area contributed by atoms with Gasteiger partial charge in [0.2, 0.25) is 0 Å². The molecule has 0 rings (SSSR count). The van der Waals surface area contributed by atoms with Gasteiger partial charge in [-0.15, -0.1) is 0 Å². The first-order valence-corrected chi connectivity index (χ1v) is 43.2. The van der Waals surface area contributed by atoms with Crippen molar-refractivity contribution < 1.29 is 80.2 Å². The van der Waals surface area contributed by atoms with Gasteiger partial charge in [0, 0.05) is 25.7 Å². The summed E-state index contributed by atoms with van der Waals surface area (Å²) in [6.07, 6.45) is 52.9. The van der Waals surface area contributed by atoms with Crippen LogP contribution in [0.4, 0.5) is 0 Å². The van der Waals surface area contributed by atoms with Crippen molar-refractivity contribution in [3.8, 4) is 0 Å². The Morgan fingerprint density at radius 3 is 0.732 bits per heavy atom. The summed E-state index contributed by atoms with van der Waals surface area (Å²) in [4.78, 5) is 72.8. The molecule has 0 bridgehead atoms. The van der Waals surface area contributed by atoms with E-state index in [2.05, 4.69) is 55.4 Å². The lowest BCUT2D eigenvalue weighted by Crippen LogP contribution is -2.30. The van der Waals surface area contributed by atoms with E-state index in [0.717, 1.165) is 114 Å². The normalized spacial score (nSPS) is 14.4. The fourth-order valence-electron chi connectivity index (χ4n) is 11.9. The number of phosphoric acid groups is 2. The number of carbonyl (C=O) groups is 4. The minimum Gasteiger partial charge on any atom is -0.462 e. The molecule has 0 saturated heterocycles. The number of carbonyl (C=O) groups excluding carboxylic acids is 4. The Bertz CT molecular complexity index is 1900. The third-order valence-electron chi connectivity index (χ3n) is 18.4. The van der Waals surface area contributed by atoms with Crippen molar-refractivity contribution in [3.05, 3.63) is 0 Å². The van der Waals surface area contributed by atoms with E-state index in [0.29, 0.717) is 31.6 Å². The van der Waals surface area contributed by atoms with Gasteiger partial charge in [-0.1, -0.05) is 344 Å². The first kappa shape index (κ1) is 95.1. The predicted octanol–water partition coefficient (Wildman–Crippen LogP) is 22.8. The molecule has 97 heavy (non-hydrogen) atoms. The molecule has 576 valence electrons. The Kier molecular flexibility index (Phi) is 65.9. The van der Waals surface area contributed by atoms with E-state index in [4.69, 9.17) is 37.0 Å². The molecule has 19 heteroatoms. The molecule has 17 nitrogen and oxygen atoms in total. The van der Waals surface area contributed by atoms with E-state index >= 15 is 0 Å². The van der Waals surface area contributed by atoms with Crippen molar-refractivity contribution in [1.29, 1.82) is 0 Å². The van der Waals surface area contributed by atoms with Crippen molar-refractivity contribution in [1.82, 2.24) is 0 Å². The van der Waals surface area contributed by atoms with Crippen LogP contribution in [0, 0.1) is 23.7 Å². The second-order valence-electron chi connectivity index (χ2n) is 29.8. The van der Waals surface area contributed by atoms with Crippen LogP contribution in [0.3, 0.4) is 0 Å². The van der Waals surface area contributed by atoms with Gasteiger partial charge in [-0.3, -0.25) is 37.3 Å². The summed E-state index contributed by atoms with van der Waals surface area (Å²) >= 11 is 0. The number of aliphatic hydroxyl groups excluding tert-OH is 1. The lowest BCUT2D eigenvalue weighted by Gasteiger charge is -2.21. The Morgan fingerprint density at radius 2 is 0.495 bits per heavy atom. The lowest BCUT2D eigenvalue weighted by atomic mass is 9.99. The van der Waals surface area contributed by atoms with Crippen LogP contribution >= 0.6 is 15.6 Å². The molecule has 0 saturated carbocycles. The standard InChI is InChI=1S/C78H152O17P2/c1-9-71(8)57-49-41-32-28-29-35-45-53-61-78(83)95-73(64-88-75(80)58-50-42-33-26-22-18-14-10-12-16-20-24-30-38-46-54-68(2)3)66-92-96(84,85)90-62-72(79)63-91-97(86,87)93-67-74(65-89-76(81)59-51-43-37-36-40-48-56-70(6)7)94-77(82)60-52-44-34-27-23-19-15-11-13-17-21-25-31-39-47-55-69(4)5/h68-74,79H,9-67H2,1-8H3,(H,84,85)(H,86,87)/t71?,72?,73-,74-/m1/s1. The summed E-state index contributed by atoms with van der Waals surface area (Å²) in [5, 5.41) is 10.6. The first-order valence-electron chi connectivity index (χ1n) is 40.2. The van der Waals surface area contributed by atoms with Gasteiger partial charge in [0.05, 0.1) is 26.4 Å². The van der Waals surface area contributed by atoms with E-state index in [-0.39, 0.29) is 25.7 Å². The van der Waals surface area contributed by atoms with Crippen LogP contribution in [-0.4, -0.2) is 96.7 Å². The van der Waals surface area contributed by atoms with Crippen molar-refractivity contribution >= 4 is 39.5 Å². The molecule has 4 unspecified atom stereocenters. The molecule has 0 spiro atoms. The highest BCUT2D eigenvalue weighted by Gasteiger charge is 2.30. The lowest BCUT2D eigenvalue weighted by molar-refractivity contribution is -0.161. The Morgan fingerprint density at radius 1 is 0.289 bits per heavy atom. The van der Waals surface area contributed by atoms with Crippen LogP contribution in [-0.2, 0) is 65.4 Å². The van der Waals surface area contributed by atoms with Crippen molar-refractivity contribution in [2.75, 3.05) is 39.6 Å². The minimum atomic E-state index is -4.96. The van der Waals surface area contributed by atoms with E-state index in [1.54, 1.807) is 0 Å². The van der Waals surface area contributed by atoms with E-state index < -0.39 is 97.5 Å². The molecule has 0 radical (unpaired) electrons. The Labute approximate surface area is 594 Å². The van der Waals surface area contributed by atoms with Gasteiger partial charge in [-0.2, -0.15) is 0 Å². The molecule has 0 aliphatic rings. The second kappa shape index (κ2) is 67.2. The van der Waals surface area contributed by atoms with Gasteiger partial charge in [0.25, 0.3) is 0 Å². The smallest absolute Gasteiger partial charge is 0.462 e. The van der Waals surface area contributed by atoms with Gasteiger partial charge < -0.3 is 33.8 Å². The summed E-state index contributed by atoms with van der Waals surface area (Å²) in [7, 11) is -9.92. The molecule has 0 amide bonds. The first-order chi connectivity index (χ1) is 46.6. The fraction of sp³-hybridized carbons (Fsp3) is 0.949. The molecule has 3 N–H and O–H groups in total. The Hall–Kier alpha value is -1.94. The highest BCUT2D eigenvalue weighted by atomic mass is 31.2. The topological polar surface area (TPSA) is 237 Å². The van der Waals surface area contributed by atoms with Crippen LogP contribution in [0.2, 0.25) is 0 Å². The number of rotatable bonds is 75. The SMILES string of the molecule is CCC(C)CCCCCCCCCCC(=O)O[C@H](COC(=O)CCCCCCCCCCCCCCCCCC(C)C)COP(=O)(O)OCC(O)COP(=O)(O)OC[C@@H](COC(=O)CCCCCCCCC(C)C)OC(=O)CCCCCCCCCCCCCCCCCC(C)C. The average Bonchev–Trinajstić information content (AvgIpc) is 1.01. The van der Waals surface area contributed by atoms with Crippen LogP contribution < -0.4 is 0 Å². The summed E-state index contributed by atoms with van der Waals surface area (Å²) < 4.78 is 68.6. The maximum Gasteiger partial charge on any atom is 0.472 e. The largest absolute Gasteiger partial charge is 0.472 e. The van der Waals surface area contributed by atoms with E-state index in [1.807, 2.05) is 0 Å². The van der Waals surface area contributed by atoms with E-state index in [9.17, 15) is 43.2 Å². The molecular weight excluding hydrogens is 1270 g/mol. The summed E-state index contributed by atoms with van der Waals surface area (Å²) in [5.74, 6) is 0.936. The zero-order chi connectivity index (χ0) is 71.7. The van der Waals surface area contributed by atoms with Gasteiger partial charge in [-0.25, -0.2) is 9.13 Å². The molecule has 0 aromatic heterocycles.